The molecular formula is C18H17N7S. The van der Waals surface area contributed by atoms with Crippen LogP contribution in [0.25, 0.3) is 32.0 Å². The SMILES string of the molecule is [C-]#[N+]c1cc(-c2cn3nc(C4CCNCC4)sc3n2)cc2cn(C)nc12. The molecule has 1 N–H and O–H groups in total. The van der Waals surface area contributed by atoms with Crippen LogP contribution in [-0.4, -0.2) is 37.5 Å². The van der Waals surface area contributed by atoms with Crippen LogP contribution in [0.3, 0.4) is 0 Å². The zero-order chi connectivity index (χ0) is 17.7. The van der Waals surface area contributed by atoms with Gasteiger partial charge in [-0.05, 0) is 43.6 Å². The molecule has 0 bridgehead atoms. The minimum atomic E-state index is 0.534. The lowest BCUT2D eigenvalue weighted by atomic mass is 9.99. The molecule has 26 heavy (non-hydrogen) atoms. The minimum absolute atomic E-state index is 0.534. The third kappa shape index (κ3) is 2.48. The Morgan fingerprint density at radius 3 is 2.85 bits per heavy atom. The van der Waals surface area contributed by atoms with Crippen LogP contribution in [0.1, 0.15) is 23.8 Å². The average Bonchev–Trinajstić information content (AvgIpc) is 3.33. The number of aromatic nitrogens is 5. The zero-order valence-electron chi connectivity index (χ0n) is 14.3. The van der Waals surface area contributed by atoms with Gasteiger partial charge in [0.1, 0.15) is 5.01 Å². The molecular weight excluding hydrogens is 346 g/mol. The van der Waals surface area contributed by atoms with E-state index in [-0.39, 0.29) is 0 Å². The highest BCUT2D eigenvalue weighted by molar-refractivity contribution is 7.16. The zero-order valence-corrected chi connectivity index (χ0v) is 15.1. The van der Waals surface area contributed by atoms with Crippen LogP contribution < -0.4 is 5.32 Å². The van der Waals surface area contributed by atoms with Gasteiger partial charge in [0.15, 0.2) is 0 Å². The van der Waals surface area contributed by atoms with Gasteiger partial charge in [0.25, 0.3) is 0 Å². The molecule has 130 valence electrons. The second-order valence-corrected chi connectivity index (χ2v) is 7.65. The molecule has 0 radical (unpaired) electrons. The van der Waals surface area contributed by atoms with Gasteiger partial charge in [0.05, 0.1) is 24.0 Å². The Bertz CT molecular complexity index is 1120. The molecule has 1 aliphatic heterocycles. The summed E-state index contributed by atoms with van der Waals surface area (Å²) in [6, 6.07) is 3.90. The van der Waals surface area contributed by atoms with Gasteiger partial charge in [-0.1, -0.05) is 11.3 Å². The van der Waals surface area contributed by atoms with Crippen molar-refractivity contribution in [3.05, 3.63) is 41.0 Å². The maximum Gasteiger partial charge on any atom is 0.215 e. The highest BCUT2D eigenvalue weighted by atomic mass is 32.1. The second kappa shape index (κ2) is 5.90. The number of piperidine rings is 1. The number of nitrogens with zero attached hydrogens (tertiary/aromatic N) is 6. The fourth-order valence-corrected chi connectivity index (χ4v) is 4.61. The van der Waals surface area contributed by atoms with E-state index in [1.165, 1.54) is 5.01 Å². The number of hydrogen-bond acceptors (Lipinski definition) is 5. The monoisotopic (exact) mass is 363 g/mol. The lowest BCUT2D eigenvalue weighted by molar-refractivity contribution is 0.456. The van der Waals surface area contributed by atoms with Crippen molar-refractivity contribution in [3.63, 3.8) is 0 Å². The molecule has 0 amide bonds. The van der Waals surface area contributed by atoms with Crippen molar-refractivity contribution >= 4 is 32.9 Å². The molecule has 0 saturated carbocycles. The minimum Gasteiger partial charge on any atom is -0.317 e. The van der Waals surface area contributed by atoms with E-state index in [2.05, 4.69) is 15.3 Å². The maximum atomic E-state index is 7.45. The van der Waals surface area contributed by atoms with Crippen LogP contribution in [0.4, 0.5) is 5.69 Å². The summed E-state index contributed by atoms with van der Waals surface area (Å²) in [5.74, 6) is 0.534. The van der Waals surface area contributed by atoms with Crippen molar-refractivity contribution in [1.29, 1.82) is 0 Å². The highest BCUT2D eigenvalue weighted by Gasteiger charge is 2.20. The first-order chi connectivity index (χ1) is 12.7. The molecule has 0 atom stereocenters. The Balaban J connectivity index is 1.55. The number of hydrogen-bond donors (Lipinski definition) is 1. The Hall–Kier alpha value is -2.76. The molecule has 1 aromatic carbocycles. The quantitative estimate of drug-likeness (QED) is 0.555. The number of benzene rings is 1. The highest BCUT2D eigenvalue weighted by Crippen LogP contribution is 2.34. The fourth-order valence-electron chi connectivity index (χ4n) is 3.56. The molecule has 3 aromatic heterocycles. The summed E-state index contributed by atoms with van der Waals surface area (Å²) in [4.78, 5) is 9.30. The molecule has 1 aliphatic rings. The van der Waals surface area contributed by atoms with Crippen LogP contribution in [0, 0.1) is 6.57 Å². The van der Waals surface area contributed by atoms with E-state index >= 15 is 0 Å². The molecule has 0 aliphatic carbocycles. The number of imidazole rings is 1. The number of aryl methyl sites for hydroxylation is 1. The molecule has 4 aromatic rings. The van der Waals surface area contributed by atoms with Gasteiger partial charge in [-0.2, -0.15) is 10.2 Å². The van der Waals surface area contributed by atoms with Crippen LogP contribution in [0.2, 0.25) is 0 Å². The Morgan fingerprint density at radius 1 is 1.23 bits per heavy atom. The van der Waals surface area contributed by atoms with E-state index in [0.29, 0.717) is 11.6 Å². The Kier molecular flexibility index (Phi) is 3.51. The van der Waals surface area contributed by atoms with Crippen LogP contribution in [0.15, 0.2) is 24.5 Å². The summed E-state index contributed by atoms with van der Waals surface area (Å²) in [5, 5.41) is 14.7. The molecule has 0 spiro atoms. The Labute approximate surface area is 154 Å². The number of fused-ring (bicyclic) bond motifs is 2. The van der Waals surface area contributed by atoms with E-state index < -0.39 is 0 Å². The summed E-state index contributed by atoms with van der Waals surface area (Å²) in [7, 11) is 1.87. The number of rotatable bonds is 2. The van der Waals surface area contributed by atoms with E-state index in [9.17, 15) is 0 Å². The molecule has 1 saturated heterocycles. The average molecular weight is 363 g/mol. The largest absolute Gasteiger partial charge is 0.317 e. The summed E-state index contributed by atoms with van der Waals surface area (Å²) in [6.45, 7) is 9.56. The first-order valence-corrected chi connectivity index (χ1v) is 9.45. The smallest absolute Gasteiger partial charge is 0.215 e. The van der Waals surface area contributed by atoms with Crippen LogP contribution >= 0.6 is 11.3 Å². The van der Waals surface area contributed by atoms with Gasteiger partial charge in [-0.3, -0.25) is 4.68 Å². The van der Waals surface area contributed by atoms with Gasteiger partial charge in [0, 0.05) is 24.5 Å². The maximum absolute atomic E-state index is 7.45. The number of nitrogens with one attached hydrogen (secondary N) is 1. The predicted molar refractivity (Wildman–Crippen MR) is 102 cm³/mol. The molecule has 1 fully saturated rings. The predicted octanol–water partition coefficient (Wildman–Crippen LogP) is 3.36. The first kappa shape index (κ1) is 15.5. The summed E-state index contributed by atoms with van der Waals surface area (Å²) in [6.07, 6.45) is 6.16. The van der Waals surface area contributed by atoms with Crippen molar-refractivity contribution in [1.82, 2.24) is 29.7 Å². The molecule has 8 heteroatoms. The van der Waals surface area contributed by atoms with Gasteiger partial charge >= 0.3 is 0 Å². The third-order valence-electron chi connectivity index (χ3n) is 4.87. The second-order valence-electron chi connectivity index (χ2n) is 6.67. The molecule has 7 nitrogen and oxygen atoms in total. The van der Waals surface area contributed by atoms with Gasteiger partial charge in [-0.25, -0.2) is 14.3 Å². The topological polar surface area (TPSA) is 64.4 Å². The summed E-state index contributed by atoms with van der Waals surface area (Å²) < 4.78 is 3.62. The van der Waals surface area contributed by atoms with E-state index in [0.717, 1.165) is 53.1 Å². The van der Waals surface area contributed by atoms with E-state index in [4.69, 9.17) is 16.7 Å². The summed E-state index contributed by atoms with van der Waals surface area (Å²) >= 11 is 1.67. The molecule has 4 heterocycles. The normalized spacial score (nSPS) is 15.7. The van der Waals surface area contributed by atoms with Crippen molar-refractivity contribution < 1.29 is 0 Å². The van der Waals surface area contributed by atoms with Crippen LogP contribution in [0.5, 0.6) is 0 Å². The van der Waals surface area contributed by atoms with Crippen molar-refractivity contribution in [2.24, 2.45) is 7.05 Å². The van der Waals surface area contributed by atoms with Crippen molar-refractivity contribution in [2.75, 3.05) is 13.1 Å². The molecule has 5 rings (SSSR count). The standard InChI is InChI=1S/C18H17N7S/c1-19-14-8-12(7-13-9-24(2)22-16(13)14)15-10-25-18(21-15)26-17(23-25)11-3-5-20-6-4-11/h7-11,20H,3-6H2,2H3. The van der Waals surface area contributed by atoms with Crippen molar-refractivity contribution in [3.8, 4) is 11.3 Å². The van der Waals surface area contributed by atoms with E-state index in [1.54, 1.807) is 16.0 Å². The summed E-state index contributed by atoms with van der Waals surface area (Å²) in [5.41, 5.74) is 3.06. The van der Waals surface area contributed by atoms with Gasteiger partial charge in [0.2, 0.25) is 10.6 Å². The first-order valence-electron chi connectivity index (χ1n) is 8.63. The molecule has 0 unspecified atom stereocenters. The third-order valence-corrected chi connectivity index (χ3v) is 5.95. The fraction of sp³-hybridized carbons (Fsp3) is 0.333. The van der Waals surface area contributed by atoms with Crippen molar-refractivity contribution in [2.45, 2.75) is 18.8 Å². The van der Waals surface area contributed by atoms with Gasteiger partial charge < -0.3 is 5.32 Å². The van der Waals surface area contributed by atoms with Crippen LogP contribution in [-0.2, 0) is 7.05 Å². The van der Waals surface area contributed by atoms with E-state index in [1.807, 2.05) is 36.1 Å². The lowest BCUT2D eigenvalue weighted by Gasteiger charge is -2.19. The van der Waals surface area contributed by atoms with Gasteiger partial charge in [-0.15, -0.1) is 0 Å². The lowest BCUT2D eigenvalue weighted by Crippen LogP contribution is -2.26. The Morgan fingerprint density at radius 2 is 2.08 bits per heavy atom.